The largest absolute Gasteiger partial charge is 0.480 e. The quantitative estimate of drug-likeness (QED) is 0.761. The number of carboxylic acids is 1. The van der Waals surface area contributed by atoms with Gasteiger partial charge in [0.15, 0.2) is 0 Å². The van der Waals surface area contributed by atoms with Crippen molar-refractivity contribution in [3.63, 3.8) is 0 Å². The van der Waals surface area contributed by atoms with Crippen molar-refractivity contribution in [2.75, 3.05) is 0 Å². The maximum absolute atomic E-state index is 10.8. The molecule has 1 rings (SSSR count). The number of hydrogen-bond acceptors (Lipinski definition) is 2. The highest BCUT2D eigenvalue weighted by Crippen LogP contribution is 2.21. The number of benzene rings is 1. The van der Waals surface area contributed by atoms with Crippen molar-refractivity contribution < 1.29 is 9.90 Å². The summed E-state index contributed by atoms with van der Waals surface area (Å²) in [5.74, 6) is -1.07. The molecule has 4 heteroatoms. The van der Waals surface area contributed by atoms with E-state index in [0.717, 1.165) is 0 Å². The van der Waals surface area contributed by atoms with Gasteiger partial charge in [0.1, 0.15) is 5.54 Å². The number of carboxylic acid groups (broad SMARTS) is 1. The average molecular weight is 200 g/mol. The lowest BCUT2D eigenvalue weighted by Gasteiger charge is -2.19. The molecule has 0 heterocycles. The molecule has 0 saturated heterocycles. The van der Waals surface area contributed by atoms with Crippen molar-refractivity contribution in [1.29, 1.82) is 0 Å². The maximum Gasteiger partial charge on any atom is 0.328 e. The SMILES string of the molecule is CC(N)(C(=O)O)c1cccc(Cl)c1. The van der Waals surface area contributed by atoms with Crippen LogP contribution in [0, 0.1) is 0 Å². The monoisotopic (exact) mass is 199 g/mol. The molecule has 1 aromatic carbocycles. The van der Waals surface area contributed by atoms with E-state index < -0.39 is 11.5 Å². The summed E-state index contributed by atoms with van der Waals surface area (Å²) >= 11 is 5.71. The van der Waals surface area contributed by atoms with Crippen LogP contribution in [0.25, 0.3) is 0 Å². The van der Waals surface area contributed by atoms with Gasteiger partial charge in [0.2, 0.25) is 0 Å². The van der Waals surface area contributed by atoms with Gasteiger partial charge in [-0.15, -0.1) is 0 Å². The fourth-order valence-electron chi connectivity index (χ4n) is 0.935. The van der Waals surface area contributed by atoms with E-state index in [1.54, 1.807) is 24.3 Å². The second-order valence-corrected chi connectivity index (χ2v) is 3.45. The molecule has 0 aliphatic heterocycles. The Morgan fingerprint density at radius 3 is 2.69 bits per heavy atom. The van der Waals surface area contributed by atoms with Gasteiger partial charge in [-0.3, -0.25) is 0 Å². The Labute approximate surface area is 81.1 Å². The lowest BCUT2D eigenvalue weighted by molar-refractivity contribution is -0.143. The summed E-state index contributed by atoms with van der Waals surface area (Å²) in [6.45, 7) is 1.43. The molecule has 0 fully saturated rings. The fourth-order valence-corrected chi connectivity index (χ4v) is 1.13. The van der Waals surface area contributed by atoms with Gasteiger partial charge in [0, 0.05) is 5.02 Å². The lowest BCUT2D eigenvalue weighted by Crippen LogP contribution is -2.41. The molecule has 3 N–H and O–H groups in total. The van der Waals surface area contributed by atoms with Gasteiger partial charge in [-0.1, -0.05) is 23.7 Å². The van der Waals surface area contributed by atoms with Gasteiger partial charge in [-0.25, -0.2) is 4.79 Å². The van der Waals surface area contributed by atoms with Crippen LogP contribution in [-0.4, -0.2) is 11.1 Å². The predicted molar refractivity (Wildman–Crippen MR) is 50.6 cm³/mol. The third kappa shape index (κ3) is 1.99. The van der Waals surface area contributed by atoms with Crippen LogP contribution in [0.15, 0.2) is 24.3 Å². The molecule has 0 saturated carbocycles. The zero-order chi connectivity index (χ0) is 10.1. The lowest BCUT2D eigenvalue weighted by atomic mass is 9.94. The Morgan fingerprint density at radius 1 is 1.62 bits per heavy atom. The summed E-state index contributed by atoms with van der Waals surface area (Å²) in [6.07, 6.45) is 0. The first-order chi connectivity index (χ1) is 5.94. The summed E-state index contributed by atoms with van der Waals surface area (Å²) in [5, 5.41) is 9.30. The van der Waals surface area contributed by atoms with Crippen LogP contribution in [0.5, 0.6) is 0 Å². The van der Waals surface area contributed by atoms with Crippen LogP contribution in [0.4, 0.5) is 0 Å². The summed E-state index contributed by atoms with van der Waals surface area (Å²) in [7, 11) is 0. The third-order valence-corrected chi connectivity index (χ3v) is 2.10. The van der Waals surface area contributed by atoms with E-state index in [4.69, 9.17) is 22.4 Å². The summed E-state index contributed by atoms with van der Waals surface area (Å²) in [5.41, 5.74) is 4.70. The fraction of sp³-hybridized carbons (Fsp3) is 0.222. The first-order valence-corrected chi connectivity index (χ1v) is 4.10. The van der Waals surface area contributed by atoms with Crippen molar-refractivity contribution in [1.82, 2.24) is 0 Å². The number of carbonyl (C=O) groups is 1. The molecular weight excluding hydrogens is 190 g/mol. The Balaban J connectivity index is 3.14. The highest BCUT2D eigenvalue weighted by Gasteiger charge is 2.29. The van der Waals surface area contributed by atoms with E-state index in [-0.39, 0.29) is 0 Å². The van der Waals surface area contributed by atoms with Gasteiger partial charge in [0.25, 0.3) is 0 Å². The second kappa shape index (κ2) is 3.36. The van der Waals surface area contributed by atoms with Gasteiger partial charge >= 0.3 is 5.97 Å². The highest BCUT2D eigenvalue weighted by molar-refractivity contribution is 6.30. The normalized spacial score (nSPS) is 15.0. The molecule has 70 valence electrons. The minimum atomic E-state index is -1.38. The van der Waals surface area contributed by atoms with Crippen LogP contribution in [0.2, 0.25) is 5.02 Å². The third-order valence-electron chi connectivity index (χ3n) is 1.87. The molecule has 0 amide bonds. The van der Waals surface area contributed by atoms with Crippen LogP contribution in [0.1, 0.15) is 12.5 Å². The van der Waals surface area contributed by atoms with Crippen molar-refractivity contribution >= 4 is 17.6 Å². The van der Waals surface area contributed by atoms with Crippen LogP contribution in [0.3, 0.4) is 0 Å². The molecule has 1 aromatic rings. The van der Waals surface area contributed by atoms with Crippen molar-refractivity contribution in [3.8, 4) is 0 Å². The van der Waals surface area contributed by atoms with E-state index in [1.165, 1.54) is 6.92 Å². The topological polar surface area (TPSA) is 63.3 Å². The molecule has 13 heavy (non-hydrogen) atoms. The molecule has 0 spiro atoms. The Hall–Kier alpha value is -1.06. The Morgan fingerprint density at radius 2 is 2.23 bits per heavy atom. The van der Waals surface area contributed by atoms with Gasteiger partial charge < -0.3 is 10.8 Å². The Kier molecular flexibility index (Phi) is 2.59. The smallest absolute Gasteiger partial charge is 0.328 e. The first-order valence-electron chi connectivity index (χ1n) is 3.73. The molecule has 3 nitrogen and oxygen atoms in total. The number of halogens is 1. The molecule has 0 aromatic heterocycles. The van der Waals surface area contributed by atoms with E-state index >= 15 is 0 Å². The van der Waals surface area contributed by atoms with Crippen molar-refractivity contribution in [2.45, 2.75) is 12.5 Å². The minimum Gasteiger partial charge on any atom is -0.480 e. The van der Waals surface area contributed by atoms with Gasteiger partial charge in [-0.2, -0.15) is 0 Å². The molecule has 1 unspecified atom stereocenters. The number of nitrogens with two attached hydrogens (primary N) is 1. The van der Waals surface area contributed by atoms with E-state index in [9.17, 15) is 4.79 Å². The summed E-state index contributed by atoms with van der Waals surface area (Å²) < 4.78 is 0. The number of aliphatic carboxylic acids is 1. The van der Waals surface area contributed by atoms with Crippen LogP contribution in [-0.2, 0) is 10.3 Å². The molecule has 1 atom stereocenters. The zero-order valence-electron chi connectivity index (χ0n) is 7.12. The minimum absolute atomic E-state index is 0.482. The molecule has 0 bridgehead atoms. The molecule has 0 aliphatic rings. The summed E-state index contributed by atoms with van der Waals surface area (Å²) in [4.78, 5) is 10.8. The second-order valence-electron chi connectivity index (χ2n) is 3.02. The standard InChI is InChI=1S/C9H10ClNO2/c1-9(11,8(12)13)6-3-2-4-7(10)5-6/h2-5H,11H2,1H3,(H,12,13). The highest BCUT2D eigenvalue weighted by atomic mass is 35.5. The molecule has 0 aliphatic carbocycles. The predicted octanol–water partition coefficient (Wildman–Crippen LogP) is 1.60. The molecular formula is C9H10ClNO2. The number of hydrogen-bond donors (Lipinski definition) is 2. The number of rotatable bonds is 2. The summed E-state index contributed by atoms with van der Waals surface area (Å²) in [6, 6.07) is 6.53. The maximum atomic E-state index is 10.8. The van der Waals surface area contributed by atoms with E-state index in [0.29, 0.717) is 10.6 Å². The van der Waals surface area contributed by atoms with Gasteiger partial charge in [-0.05, 0) is 24.6 Å². The van der Waals surface area contributed by atoms with Crippen molar-refractivity contribution in [3.05, 3.63) is 34.9 Å². The van der Waals surface area contributed by atoms with E-state index in [2.05, 4.69) is 0 Å². The van der Waals surface area contributed by atoms with Crippen molar-refractivity contribution in [2.24, 2.45) is 5.73 Å². The van der Waals surface area contributed by atoms with Crippen LogP contribution >= 0.6 is 11.6 Å². The zero-order valence-corrected chi connectivity index (χ0v) is 7.88. The van der Waals surface area contributed by atoms with Gasteiger partial charge in [0.05, 0.1) is 0 Å². The average Bonchev–Trinajstić information content (AvgIpc) is 2.04. The molecule has 0 radical (unpaired) electrons. The first kappa shape index (κ1) is 10.0. The van der Waals surface area contributed by atoms with E-state index in [1.807, 2.05) is 0 Å². The van der Waals surface area contributed by atoms with Crippen LogP contribution < -0.4 is 5.73 Å². The Bertz CT molecular complexity index is 336.